The average Bonchev–Trinajstić information content (AvgIpc) is 2.52. The van der Waals surface area contributed by atoms with E-state index in [2.05, 4.69) is 35.1 Å². The van der Waals surface area contributed by atoms with Crippen molar-refractivity contribution in [1.82, 2.24) is 0 Å². The van der Waals surface area contributed by atoms with Crippen molar-refractivity contribution in [3.8, 4) is 0 Å². The first kappa shape index (κ1) is 12.3. The minimum Gasteiger partial charge on any atom is -0.381 e. The van der Waals surface area contributed by atoms with E-state index in [-0.39, 0.29) is 0 Å². The molecular weight excluding hydrogens is 286 g/mol. The summed E-state index contributed by atoms with van der Waals surface area (Å²) in [5, 5.41) is 4.35. The fourth-order valence-corrected chi connectivity index (χ4v) is 2.92. The van der Waals surface area contributed by atoms with E-state index in [9.17, 15) is 0 Å². The molecule has 88 valence electrons. The van der Waals surface area contributed by atoms with Crippen LogP contribution in [0.4, 0.5) is 5.69 Å². The van der Waals surface area contributed by atoms with Crippen molar-refractivity contribution in [2.75, 3.05) is 5.32 Å². The third-order valence-electron chi connectivity index (χ3n) is 3.26. The molecule has 0 radical (unpaired) electrons. The topological polar surface area (TPSA) is 12.0 Å². The summed E-state index contributed by atoms with van der Waals surface area (Å²) in [5.74, 6) is 0. The Balaban J connectivity index is 2.07. The standard InChI is InChI=1S/C13H17BrClN/c1-13(2)6-5-10(8-13)16-12-7-9(15)3-4-11(12)14/h3-4,7,10,16H,5-6,8H2,1-2H3. The van der Waals surface area contributed by atoms with Gasteiger partial charge in [0.15, 0.2) is 0 Å². The fraction of sp³-hybridized carbons (Fsp3) is 0.538. The van der Waals surface area contributed by atoms with Gasteiger partial charge in [-0.15, -0.1) is 0 Å². The number of benzene rings is 1. The second-order valence-corrected chi connectivity index (χ2v) is 6.66. The number of hydrogen-bond acceptors (Lipinski definition) is 1. The van der Waals surface area contributed by atoms with E-state index < -0.39 is 0 Å². The van der Waals surface area contributed by atoms with Crippen molar-refractivity contribution in [1.29, 1.82) is 0 Å². The molecule has 1 aromatic rings. The van der Waals surface area contributed by atoms with Gasteiger partial charge in [0.05, 0.1) is 5.69 Å². The van der Waals surface area contributed by atoms with E-state index in [0.29, 0.717) is 11.5 Å². The Labute approximate surface area is 111 Å². The van der Waals surface area contributed by atoms with Gasteiger partial charge in [0.2, 0.25) is 0 Å². The number of halogens is 2. The number of nitrogens with one attached hydrogen (secondary N) is 1. The summed E-state index contributed by atoms with van der Waals surface area (Å²) in [6.07, 6.45) is 3.76. The minimum atomic E-state index is 0.475. The molecule has 1 fully saturated rings. The molecular formula is C13H17BrClN. The van der Waals surface area contributed by atoms with Crippen LogP contribution in [0, 0.1) is 5.41 Å². The average molecular weight is 303 g/mol. The van der Waals surface area contributed by atoms with E-state index in [1.807, 2.05) is 18.2 Å². The molecule has 1 atom stereocenters. The van der Waals surface area contributed by atoms with Crippen molar-refractivity contribution in [3.05, 3.63) is 27.7 Å². The summed E-state index contributed by atoms with van der Waals surface area (Å²) in [6, 6.07) is 6.45. The SMILES string of the molecule is CC1(C)CCC(Nc2cc(Cl)ccc2Br)C1. The molecule has 0 spiro atoms. The maximum atomic E-state index is 6.00. The summed E-state index contributed by atoms with van der Waals surface area (Å²) in [6.45, 7) is 4.67. The molecule has 0 amide bonds. The third-order valence-corrected chi connectivity index (χ3v) is 4.18. The first-order valence-corrected chi connectivity index (χ1v) is 6.85. The van der Waals surface area contributed by atoms with Gasteiger partial charge in [-0.1, -0.05) is 25.4 Å². The molecule has 0 saturated heterocycles. The molecule has 1 unspecified atom stereocenters. The highest BCUT2D eigenvalue weighted by molar-refractivity contribution is 9.10. The summed E-state index contributed by atoms with van der Waals surface area (Å²) in [4.78, 5) is 0. The highest BCUT2D eigenvalue weighted by atomic mass is 79.9. The van der Waals surface area contributed by atoms with E-state index in [1.54, 1.807) is 0 Å². The number of anilines is 1. The monoisotopic (exact) mass is 301 g/mol. The summed E-state index contributed by atoms with van der Waals surface area (Å²) in [7, 11) is 0. The number of hydrogen-bond donors (Lipinski definition) is 1. The van der Waals surface area contributed by atoms with Crippen LogP contribution in [0.1, 0.15) is 33.1 Å². The first-order valence-electron chi connectivity index (χ1n) is 5.68. The molecule has 1 aliphatic rings. The van der Waals surface area contributed by atoms with Crippen molar-refractivity contribution in [2.45, 2.75) is 39.2 Å². The van der Waals surface area contributed by atoms with Gasteiger partial charge in [0, 0.05) is 15.5 Å². The van der Waals surface area contributed by atoms with Crippen molar-refractivity contribution in [3.63, 3.8) is 0 Å². The highest BCUT2D eigenvalue weighted by Crippen LogP contribution is 2.39. The molecule has 2 rings (SSSR count). The predicted molar refractivity (Wildman–Crippen MR) is 74.2 cm³/mol. The minimum absolute atomic E-state index is 0.475. The van der Waals surface area contributed by atoms with Gasteiger partial charge in [0.1, 0.15) is 0 Å². The zero-order chi connectivity index (χ0) is 11.8. The molecule has 0 heterocycles. The maximum Gasteiger partial charge on any atom is 0.0501 e. The quantitative estimate of drug-likeness (QED) is 0.802. The van der Waals surface area contributed by atoms with Crippen LogP contribution in [0.15, 0.2) is 22.7 Å². The molecule has 0 bridgehead atoms. The van der Waals surface area contributed by atoms with Gasteiger partial charge in [-0.2, -0.15) is 0 Å². The molecule has 1 N–H and O–H groups in total. The highest BCUT2D eigenvalue weighted by Gasteiger charge is 2.30. The molecule has 1 aromatic carbocycles. The molecule has 16 heavy (non-hydrogen) atoms. The predicted octanol–water partition coefficient (Wildman–Crippen LogP) is 5.09. The van der Waals surface area contributed by atoms with Crippen LogP contribution < -0.4 is 5.32 Å². The second-order valence-electron chi connectivity index (χ2n) is 5.37. The van der Waals surface area contributed by atoms with Crippen molar-refractivity contribution in [2.24, 2.45) is 5.41 Å². The summed E-state index contributed by atoms with van der Waals surface area (Å²) >= 11 is 9.54. The van der Waals surface area contributed by atoms with E-state index in [1.165, 1.54) is 19.3 Å². The maximum absolute atomic E-state index is 6.00. The summed E-state index contributed by atoms with van der Waals surface area (Å²) in [5.41, 5.74) is 1.58. The molecule has 0 aromatic heterocycles. The van der Waals surface area contributed by atoms with E-state index in [4.69, 9.17) is 11.6 Å². The molecule has 1 saturated carbocycles. The zero-order valence-electron chi connectivity index (χ0n) is 9.69. The third kappa shape index (κ3) is 2.92. The molecule has 1 nitrogen and oxygen atoms in total. The van der Waals surface area contributed by atoms with Crippen LogP contribution in [-0.2, 0) is 0 Å². The Kier molecular flexibility index (Phi) is 3.50. The molecule has 3 heteroatoms. The van der Waals surface area contributed by atoms with Gasteiger partial charge < -0.3 is 5.32 Å². The zero-order valence-corrected chi connectivity index (χ0v) is 12.0. The van der Waals surface area contributed by atoms with Crippen LogP contribution in [-0.4, -0.2) is 6.04 Å². The van der Waals surface area contributed by atoms with Gasteiger partial charge in [0.25, 0.3) is 0 Å². The largest absolute Gasteiger partial charge is 0.381 e. The van der Waals surface area contributed by atoms with E-state index >= 15 is 0 Å². The Morgan fingerprint density at radius 2 is 2.19 bits per heavy atom. The van der Waals surface area contributed by atoms with Gasteiger partial charge in [-0.25, -0.2) is 0 Å². The van der Waals surface area contributed by atoms with Crippen LogP contribution in [0.3, 0.4) is 0 Å². The van der Waals surface area contributed by atoms with Gasteiger partial charge >= 0.3 is 0 Å². The van der Waals surface area contributed by atoms with E-state index in [0.717, 1.165) is 15.2 Å². The van der Waals surface area contributed by atoms with Gasteiger partial charge in [-0.05, 0) is 58.8 Å². The lowest BCUT2D eigenvalue weighted by atomic mass is 9.92. The second kappa shape index (κ2) is 4.58. The van der Waals surface area contributed by atoms with Crippen LogP contribution >= 0.6 is 27.5 Å². The smallest absolute Gasteiger partial charge is 0.0501 e. The number of rotatable bonds is 2. The van der Waals surface area contributed by atoms with Crippen molar-refractivity contribution >= 4 is 33.2 Å². The van der Waals surface area contributed by atoms with Crippen LogP contribution in [0.2, 0.25) is 5.02 Å². The Morgan fingerprint density at radius 3 is 2.81 bits per heavy atom. The van der Waals surface area contributed by atoms with Crippen molar-refractivity contribution < 1.29 is 0 Å². The summed E-state index contributed by atoms with van der Waals surface area (Å²) < 4.78 is 1.08. The lowest BCUT2D eigenvalue weighted by Gasteiger charge is -2.19. The Hall–Kier alpha value is -0.210. The normalized spacial score (nSPS) is 23.4. The van der Waals surface area contributed by atoms with Crippen LogP contribution in [0.25, 0.3) is 0 Å². The first-order chi connectivity index (χ1) is 7.46. The van der Waals surface area contributed by atoms with Crippen LogP contribution in [0.5, 0.6) is 0 Å². The lowest BCUT2D eigenvalue weighted by molar-refractivity contribution is 0.378. The fourth-order valence-electron chi connectivity index (χ4n) is 2.39. The van der Waals surface area contributed by atoms with Gasteiger partial charge in [-0.3, -0.25) is 0 Å². The Morgan fingerprint density at radius 1 is 1.44 bits per heavy atom. The molecule has 0 aliphatic heterocycles. The Bertz CT molecular complexity index is 390. The lowest BCUT2D eigenvalue weighted by Crippen LogP contribution is -2.17. The molecule has 1 aliphatic carbocycles.